The van der Waals surface area contributed by atoms with Crippen LogP contribution in [0.1, 0.15) is 36.9 Å². The van der Waals surface area contributed by atoms with Crippen molar-refractivity contribution in [3.63, 3.8) is 0 Å². The highest BCUT2D eigenvalue weighted by Crippen LogP contribution is 2.29. The second-order valence-corrected chi connectivity index (χ2v) is 8.34. The molecule has 30 heavy (non-hydrogen) atoms. The van der Waals surface area contributed by atoms with Crippen molar-refractivity contribution in [1.82, 2.24) is 14.8 Å². The van der Waals surface area contributed by atoms with Gasteiger partial charge in [0.15, 0.2) is 17.1 Å². The summed E-state index contributed by atoms with van der Waals surface area (Å²) in [5.41, 5.74) is 3.03. The summed E-state index contributed by atoms with van der Waals surface area (Å²) in [7, 11) is 0. The summed E-state index contributed by atoms with van der Waals surface area (Å²) in [6.45, 7) is 8.60. The number of carbonyl (C=O) groups excluding carboxylic acids is 1. The third-order valence-electron chi connectivity index (χ3n) is 4.40. The standard InChI is InChI=1S/C22H25ClN4O2S/c1-5-27-21(16(4)29-19-9-7-6-8-18(19)23)25-26-22(27)30-13-20(28)24-17-11-14(2)10-15(3)12-17/h6-12,16H,5,13H2,1-4H3,(H,24,28)/t16-/m0/s1. The molecule has 0 unspecified atom stereocenters. The lowest BCUT2D eigenvalue weighted by Gasteiger charge is -2.16. The zero-order valence-corrected chi connectivity index (χ0v) is 19.0. The number of rotatable bonds is 8. The molecule has 1 atom stereocenters. The fourth-order valence-electron chi connectivity index (χ4n) is 3.16. The van der Waals surface area contributed by atoms with E-state index < -0.39 is 0 Å². The van der Waals surface area contributed by atoms with E-state index in [-0.39, 0.29) is 17.8 Å². The number of amides is 1. The van der Waals surface area contributed by atoms with Crippen molar-refractivity contribution >= 4 is 35.0 Å². The Hall–Kier alpha value is -2.51. The fraction of sp³-hybridized carbons (Fsp3) is 0.318. The number of anilines is 1. The second-order valence-electron chi connectivity index (χ2n) is 6.99. The summed E-state index contributed by atoms with van der Waals surface area (Å²) in [4.78, 5) is 12.4. The third kappa shape index (κ3) is 5.55. The average molecular weight is 445 g/mol. The number of hydrogen-bond acceptors (Lipinski definition) is 5. The van der Waals surface area contributed by atoms with E-state index in [0.29, 0.717) is 28.3 Å². The summed E-state index contributed by atoms with van der Waals surface area (Å²) >= 11 is 7.54. The molecule has 0 aliphatic carbocycles. The van der Waals surface area contributed by atoms with Crippen LogP contribution in [0.3, 0.4) is 0 Å². The van der Waals surface area contributed by atoms with Crippen LogP contribution >= 0.6 is 23.4 Å². The first-order valence-electron chi connectivity index (χ1n) is 9.72. The Morgan fingerprint density at radius 2 is 1.90 bits per heavy atom. The van der Waals surface area contributed by atoms with Gasteiger partial charge >= 0.3 is 0 Å². The second kappa shape index (κ2) is 10.00. The summed E-state index contributed by atoms with van der Waals surface area (Å²) in [5.74, 6) is 1.44. The SMILES string of the molecule is CCn1c(SCC(=O)Nc2cc(C)cc(C)c2)nnc1[C@H](C)Oc1ccccc1Cl. The highest BCUT2D eigenvalue weighted by atomic mass is 35.5. The Balaban J connectivity index is 1.65. The van der Waals surface area contributed by atoms with Crippen molar-refractivity contribution < 1.29 is 9.53 Å². The van der Waals surface area contributed by atoms with Crippen molar-refractivity contribution in [2.45, 2.75) is 45.5 Å². The van der Waals surface area contributed by atoms with E-state index in [4.69, 9.17) is 16.3 Å². The zero-order valence-electron chi connectivity index (χ0n) is 17.5. The number of nitrogens with one attached hydrogen (secondary N) is 1. The van der Waals surface area contributed by atoms with E-state index in [9.17, 15) is 4.79 Å². The number of aromatic nitrogens is 3. The molecule has 1 amide bonds. The molecule has 1 heterocycles. The van der Waals surface area contributed by atoms with Gasteiger partial charge in [0, 0.05) is 12.2 Å². The maximum atomic E-state index is 12.4. The van der Waals surface area contributed by atoms with Gasteiger partial charge in [0.05, 0.1) is 10.8 Å². The summed E-state index contributed by atoms with van der Waals surface area (Å²) in [5, 5.41) is 12.7. The lowest BCUT2D eigenvalue weighted by atomic mass is 10.1. The largest absolute Gasteiger partial charge is 0.481 e. The minimum absolute atomic E-state index is 0.0856. The van der Waals surface area contributed by atoms with Gasteiger partial charge < -0.3 is 14.6 Å². The lowest BCUT2D eigenvalue weighted by Crippen LogP contribution is -2.15. The number of ether oxygens (including phenoxy) is 1. The molecule has 1 aromatic heterocycles. The molecular weight excluding hydrogens is 420 g/mol. The van der Waals surface area contributed by atoms with Crippen molar-refractivity contribution in [1.29, 1.82) is 0 Å². The number of aryl methyl sites for hydroxylation is 2. The third-order valence-corrected chi connectivity index (χ3v) is 5.68. The first-order chi connectivity index (χ1) is 14.4. The Bertz CT molecular complexity index is 1020. The molecule has 0 fully saturated rings. The van der Waals surface area contributed by atoms with Crippen LogP contribution in [0, 0.1) is 13.8 Å². The van der Waals surface area contributed by atoms with Gasteiger partial charge in [0.1, 0.15) is 5.75 Å². The Kier molecular flexibility index (Phi) is 7.39. The van der Waals surface area contributed by atoms with Crippen LogP contribution in [0.25, 0.3) is 0 Å². The molecule has 0 aliphatic heterocycles. The smallest absolute Gasteiger partial charge is 0.234 e. The van der Waals surface area contributed by atoms with Gasteiger partial charge in [0.25, 0.3) is 0 Å². The topological polar surface area (TPSA) is 69.0 Å². The maximum Gasteiger partial charge on any atom is 0.234 e. The molecule has 0 aliphatic rings. The van der Waals surface area contributed by atoms with Gasteiger partial charge in [-0.3, -0.25) is 4.79 Å². The van der Waals surface area contributed by atoms with Gasteiger partial charge in [-0.1, -0.05) is 41.6 Å². The van der Waals surface area contributed by atoms with E-state index in [1.54, 1.807) is 6.07 Å². The number of nitrogens with zero attached hydrogens (tertiary/aromatic N) is 3. The highest BCUT2D eigenvalue weighted by Gasteiger charge is 2.20. The van der Waals surface area contributed by atoms with Crippen LogP contribution in [0.4, 0.5) is 5.69 Å². The molecule has 0 bridgehead atoms. The molecule has 3 aromatic rings. The lowest BCUT2D eigenvalue weighted by molar-refractivity contribution is -0.113. The zero-order chi connectivity index (χ0) is 21.7. The Labute approximate surface area is 186 Å². The van der Waals surface area contributed by atoms with Crippen LogP contribution in [0.15, 0.2) is 47.6 Å². The van der Waals surface area contributed by atoms with Crippen LogP contribution in [0.2, 0.25) is 5.02 Å². The predicted molar refractivity (Wildman–Crippen MR) is 121 cm³/mol. The predicted octanol–water partition coefficient (Wildman–Crippen LogP) is 5.44. The fourth-order valence-corrected chi connectivity index (χ4v) is 4.15. The van der Waals surface area contributed by atoms with Crippen LogP contribution in [0.5, 0.6) is 5.75 Å². The molecule has 2 aromatic carbocycles. The minimum Gasteiger partial charge on any atom is -0.481 e. The van der Waals surface area contributed by atoms with Gasteiger partial charge in [-0.15, -0.1) is 10.2 Å². The van der Waals surface area contributed by atoms with E-state index in [0.717, 1.165) is 16.8 Å². The van der Waals surface area contributed by atoms with Gasteiger partial charge in [-0.25, -0.2) is 0 Å². The molecule has 3 rings (SSSR count). The van der Waals surface area contributed by atoms with E-state index >= 15 is 0 Å². The average Bonchev–Trinajstić information content (AvgIpc) is 3.10. The molecule has 0 saturated carbocycles. The molecular formula is C22H25ClN4O2S. The van der Waals surface area contributed by atoms with Crippen LogP contribution in [-0.2, 0) is 11.3 Å². The number of halogens is 1. The van der Waals surface area contributed by atoms with E-state index in [1.165, 1.54) is 11.8 Å². The first kappa shape index (κ1) is 22.2. The Morgan fingerprint density at radius 3 is 2.57 bits per heavy atom. The van der Waals surface area contributed by atoms with E-state index in [1.807, 2.05) is 62.6 Å². The van der Waals surface area contributed by atoms with Crippen molar-refractivity contribution in [3.8, 4) is 5.75 Å². The highest BCUT2D eigenvalue weighted by molar-refractivity contribution is 7.99. The summed E-state index contributed by atoms with van der Waals surface area (Å²) < 4.78 is 7.92. The molecule has 0 saturated heterocycles. The monoisotopic (exact) mass is 444 g/mol. The van der Waals surface area contributed by atoms with Crippen LogP contribution in [-0.4, -0.2) is 26.4 Å². The van der Waals surface area contributed by atoms with Gasteiger partial charge in [-0.2, -0.15) is 0 Å². The quantitative estimate of drug-likeness (QED) is 0.468. The number of benzene rings is 2. The van der Waals surface area contributed by atoms with Crippen molar-refractivity contribution in [2.75, 3.05) is 11.1 Å². The summed E-state index contributed by atoms with van der Waals surface area (Å²) in [6, 6.07) is 13.3. The Morgan fingerprint density at radius 1 is 1.20 bits per heavy atom. The number of hydrogen-bond donors (Lipinski definition) is 1. The molecule has 0 radical (unpaired) electrons. The molecule has 6 nitrogen and oxygen atoms in total. The summed E-state index contributed by atoms with van der Waals surface area (Å²) in [6.07, 6.45) is -0.337. The molecule has 158 valence electrons. The molecule has 1 N–H and O–H groups in total. The normalized spacial score (nSPS) is 11.9. The van der Waals surface area contributed by atoms with Crippen LogP contribution < -0.4 is 10.1 Å². The van der Waals surface area contributed by atoms with Crippen molar-refractivity contribution in [3.05, 3.63) is 64.4 Å². The first-order valence-corrected chi connectivity index (χ1v) is 11.1. The van der Waals surface area contributed by atoms with Crippen molar-refractivity contribution in [2.24, 2.45) is 0 Å². The molecule has 8 heteroatoms. The minimum atomic E-state index is -0.337. The number of thioether (sulfide) groups is 1. The van der Waals surface area contributed by atoms with Gasteiger partial charge in [-0.05, 0) is 63.1 Å². The molecule has 0 spiro atoms. The van der Waals surface area contributed by atoms with Gasteiger partial charge in [0.2, 0.25) is 5.91 Å². The number of para-hydroxylation sites is 1. The van der Waals surface area contributed by atoms with E-state index in [2.05, 4.69) is 21.6 Å². The maximum absolute atomic E-state index is 12.4. The number of carbonyl (C=O) groups is 1.